The summed E-state index contributed by atoms with van der Waals surface area (Å²) in [4.78, 5) is 2.56. The Morgan fingerprint density at radius 2 is 1.94 bits per heavy atom. The Labute approximate surface area is 104 Å². The minimum atomic E-state index is 0.889. The molecule has 1 aromatic carbocycles. The molecule has 0 aliphatic carbocycles. The van der Waals surface area contributed by atoms with Crippen molar-refractivity contribution in [3.05, 3.63) is 29.3 Å². The maximum absolute atomic E-state index is 5.73. The summed E-state index contributed by atoms with van der Waals surface area (Å²) in [7, 11) is 0. The quantitative estimate of drug-likeness (QED) is 0.776. The molecule has 2 aliphatic rings. The van der Waals surface area contributed by atoms with Gasteiger partial charge in [-0.1, -0.05) is 18.6 Å². The van der Waals surface area contributed by atoms with Gasteiger partial charge in [-0.2, -0.15) is 0 Å². The molecule has 2 nitrogen and oxygen atoms in total. The van der Waals surface area contributed by atoms with Crippen LogP contribution in [0.25, 0.3) is 0 Å². The average Bonchev–Trinajstić information content (AvgIpc) is 2.40. The Balaban J connectivity index is 1.70. The lowest BCUT2D eigenvalue weighted by Gasteiger charge is -2.27. The molecule has 17 heavy (non-hydrogen) atoms. The van der Waals surface area contributed by atoms with Crippen molar-refractivity contribution in [1.82, 2.24) is 4.90 Å². The number of rotatable bonds is 2. The van der Waals surface area contributed by atoms with Gasteiger partial charge in [0.25, 0.3) is 0 Å². The van der Waals surface area contributed by atoms with E-state index in [9.17, 15) is 0 Å². The second kappa shape index (κ2) is 5.09. The summed E-state index contributed by atoms with van der Waals surface area (Å²) < 4.78 is 5.73. The second-order valence-electron chi connectivity index (χ2n) is 5.23. The third-order valence-corrected chi connectivity index (χ3v) is 3.83. The van der Waals surface area contributed by atoms with E-state index in [-0.39, 0.29) is 0 Å². The zero-order valence-corrected chi connectivity index (χ0v) is 10.5. The first-order chi connectivity index (χ1) is 8.42. The highest BCUT2D eigenvalue weighted by Gasteiger charge is 2.13. The highest BCUT2D eigenvalue weighted by Crippen LogP contribution is 2.26. The van der Waals surface area contributed by atoms with Gasteiger partial charge in [0, 0.05) is 6.54 Å². The molecule has 0 saturated carbocycles. The number of likely N-dealkylation sites (tertiary alicyclic amines) is 1. The highest BCUT2D eigenvalue weighted by atomic mass is 16.5. The molecule has 2 heterocycles. The lowest BCUT2D eigenvalue weighted by molar-refractivity contribution is 0.220. The largest absolute Gasteiger partial charge is 0.493 e. The van der Waals surface area contributed by atoms with E-state index in [0.29, 0.717) is 0 Å². The Bertz CT molecular complexity index is 383. The van der Waals surface area contributed by atoms with Gasteiger partial charge in [0.15, 0.2) is 0 Å². The van der Waals surface area contributed by atoms with Crippen molar-refractivity contribution in [2.45, 2.75) is 38.6 Å². The van der Waals surface area contributed by atoms with Gasteiger partial charge in [0.1, 0.15) is 5.75 Å². The van der Waals surface area contributed by atoms with E-state index in [1.807, 2.05) is 0 Å². The van der Waals surface area contributed by atoms with Crippen LogP contribution < -0.4 is 4.74 Å². The number of aryl methyl sites for hydroxylation is 1. The summed E-state index contributed by atoms with van der Waals surface area (Å²) in [6.45, 7) is 4.51. The normalized spacial score (nSPS) is 20.7. The summed E-state index contributed by atoms with van der Waals surface area (Å²) in [6, 6.07) is 6.79. The molecule has 0 atom stereocenters. The van der Waals surface area contributed by atoms with E-state index in [1.165, 1.54) is 56.3 Å². The van der Waals surface area contributed by atoms with Crippen molar-refractivity contribution in [2.24, 2.45) is 0 Å². The molecule has 1 aromatic rings. The number of fused-ring (bicyclic) bond motifs is 1. The molecular formula is C15H21NO. The molecule has 92 valence electrons. The minimum absolute atomic E-state index is 0.889. The number of benzene rings is 1. The van der Waals surface area contributed by atoms with Gasteiger partial charge in [0.2, 0.25) is 0 Å². The van der Waals surface area contributed by atoms with Crippen LogP contribution >= 0.6 is 0 Å². The van der Waals surface area contributed by atoms with E-state index >= 15 is 0 Å². The Kier molecular flexibility index (Phi) is 3.32. The fraction of sp³-hybridized carbons (Fsp3) is 0.600. The van der Waals surface area contributed by atoms with Crippen LogP contribution in [-0.2, 0) is 13.0 Å². The molecule has 0 amide bonds. The predicted octanol–water partition coefficient (Wildman–Crippen LogP) is 3.00. The molecule has 0 N–H and O–H groups in total. The van der Waals surface area contributed by atoms with E-state index in [1.54, 1.807) is 0 Å². The number of ether oxygens (including phenoxy) is 1. The highest BCUT2D eigenvalue weighted by molar-refractivity contribution is 5.38. The molecule has 0 unspecified atom stereocenters. The number of nitrogens with zero attached hydrogens (tertiary/aromatic N) is 1. The maximum atomic E-state index is 5.73. The zero-order chi connectivity index (χ0) is 11.5. The second-order valence-corrected chi connectivity index (χ2v) is 5.23. The van der Waals surface area contributed by atoms with Crippen molar-refractivity contribution in [3.63, 3.8) is 0 Å². The fourth-order valence-electron chi connectivity index (χ4n) is 2.86. The first kappa shape index (κ1) is 11.1. The van der Waals surface area contributed by atoms with Crippen LogP contribution in [0.5, 0.6) is 5.75 Å². The third-order valence-electron chi connectivity index (χ3n) is 3.83. The minimum Gasteiger partial charge on any atom is -0.493 e. The van der Waals surface area contributed by atoms with Crippen LogP contribution in [-0.4, -0.2) is 24.6 Å². The van der Waals surface area contributed by atoms with Crippen molar-refractivity contribution >= 4 is 0 Å². The zero-order valence-electron chi connectivity index (χ0n) is 10.5. The predicted molar refractivity (Wildman–Crippen MR) is 69.4 cm³/mol. The van der Waals surface area contributed by atoms with Gasteiger partial charge in [0.05, 0.1) is 6.61 Å². The van der Waals surface area contributed by atoms with Crippen LogP contribution in [0.15, 0.2) is 18.2 Å². The smallest absolute Gasteiger partial charge is 0.122 e. The number of hydrogen-bond acceptors (Lipinski definition) is 2. The van der Waals surface area contributed by atoms with Gasteiger partial charge in [-0.05, 0) is 56.0 Å². The first-order valence-electron chi connectivity index (χ1n) is 6.89. The SMILES string of the molecule is c1cc2c(cc1CN1CCCCC1)OCCC2. The molecule has 0 radical (unpaired) electrons. The summed E-state index contributed by atoms with van der Waals surface area (Å²) >= 11 is 0. The third kappa shape index (κ3) is 2.63. The average molecular weight is 231 g/mol. The lowest BCUT2D eigenvalue weighted by Crippen LogP contribution is -2.29. The summed E-state index contributed by atoms with van der Waals surface area (Å²) in [5.41, 5.74) is 2.80. The Hall–Kier alpha value is -1.02. The molecule has 1 fully saturated rings. The Morgan fingerprint density at radius 1 is 1.06 bits per heavy atom. The topological polar surface area (TPSA) is 12.5 Å². The van der Waals surface area contributed by atoms with Gasteiger partial charge in [-0.25, -0.2) is 0 Å². The van der Waals surface area contributed by atoms with E-state index in [2.05, 4.69) is 23.1 Å². The summed E-state index contributed by atoms with van der Waals surface area (Å²) in [5.74, 6) is 1.13. The molecule has 2 heteroatoms. The molecule has 3 rings (SSSR count). The van der Waals surface area contributed by atoms with E-state index < -0.39 is 0 Å². The molecular weight excluding hydrogens is 210 g/mol. The van der Waals surface area contributed by atoms with Gasteiger partial charge < -0.3 is 4.74 Å². The van der Waals surface area contributed by atoms with Gasteiger partial charge in [-0.15, -0.1) is 0 Å². The molecule has 1 saturated heterocycles. The molecule has 0 aromatic heterocycles. The van der Waals surface area contributed by atoms with Crippen LogP contribution in [0.4, 0.5) is 0 Å². The number of hydrogen-bond donors (Lipinski definition) is 0. The molecule has 0 spiro atoms. The van der Waals surface area contributed by atoms with E-state index in [0.717, 1.165) is 18.9 Å². The number of piperidine rings is 1. The van der Waals surface area contributed by atoms with Crippen LogP contribution in [0.2, 0.25) is 0 Å². The Morgan fingerprint density at radius 3 is 2.82 bits per heavy atom. The summed E-state index contributed by atoms with van der Waals surface area (Å²) in [5, 5.41) is 0. The monoisotopic (exact) mass is 231 g/mol. The van der Waals surface area contributed by atoms with Crippen molar-refractivity contribution in [3.8, 4) is 5.75 Å². The van der Waals surface area contributed by atoms with Crippen LogP contribution in [0.3, 0.4) is 0 Å². The van der Waals surface area contributed by atoms with Crippen molar-refractivity contribution in [2.75, 3.05) is 19.7 Å². The van der Waals surface area contributed by atoms with Crippen LogP contribution in [0.1, 0.15) is 36.8 Å². The fourth-order valence-corrected chi connectivity index (χ4v) is 2.86. The van der Waals surface area contributed by atoms with Crippen molar-refractivity contribution in [1.29, 1.82) is 0 Å². The molecule has 2 aliphatic heterocycles. The summed E-state index contributed by atoms with van der Waals surface area (Å²) in [6.07, 6.45) is 6.48. The molecule has 0 bridgehead atoms. The first-order valence-corrected chi connectivity index (χ1v) is 6.89. The van der Waals surface area contributed by atoms with Crippen LogP contribution in [0, 0.1) is 0 Å². The van der Waals surface area contributed by atoms with E-state index in [4.69, 9.17) is 4.74 Å². The standard InChI is InChI=1S/C15H21NO/c1-2-8-16(9-3-1)12-13-6-7-14-5-4-10-17-15(14)11-13/h6-7,11H,1-5,8-10,12H2. The lowest BCUT2D eigenvalue weighted by atomic mass is 10.0. The maximum Gasteiger partial charge on any atom is 0.122 e. The van der Waals surface area contributed by atoms with Gasteiger partial charge >= 0.3 is 0 Å². The van der Waals surface area contributed by atoms with Gasteiger partial charge in [-0.3, -0.25) is 4.90 Å². The van der Waals surface area contributed by atoms with Crippen molar-refractivity contribution < 1.29 is 4.74 Å².